The van der Waals surface area contributed by atoms with Crippen molar-refractivity contribution >= 4 is 22.6 Å². The van der Waals surface area contributed by atoms with Crippen LogP contribution < -0.4 is 5.32 Å². The van der Waals surface area contributed by atoms with Crippen LogP contribution in [0.5, 0.6) is 0 Å². The molecule has 3 atom stereocenters. The van der Waals surface area contributed by atoms with E-state index < -0.39 is 0 Å². The molecular formula is C31H32FN5O2. The van der Waals surface area contributed by atoms with E-state index in [1.807, 2.05) is 50.4 Å². The molecule has 200 valence electrons. The lowest BCUT2D eigenvalue weighted by Gasteiger charge is -2.39. The Morgan fingerprint density at radius 2 is 1.87 bits per heavy atom. The van der Waals surface area contributed by atoms with Crippen molar-refractivity contribution in [2.75, 3.05) is 6.54 Å². The van der Waals surface area contributed by atoms with Gasteiger partial charge in [0.1, 0.15) is 11.5 Å². The van der Waals surface area contributed by atoms with Crippen LogP contribution >= 0.6 is 0 Å². The molecule has 1 amide bonds. The standard InChI is InChI=1S/C31H32FN5O2/c1-19-15-20(13-14-33-19)30-25-16-21(7-11-27(25)36(2)35-30)31(39)34-17-29(38)24-10-8-23-9-12-28(24)37(23)18-22-5-3-4-6-26(22)32/h3-7,11,13-16,23-24,28H,8-10,12,17-18H2,1-2H3,(H,34,39). The van der Waals surface area contributed by atoms with Crippen LogP contribution in [0.3, 0.4) is 0 Å². The predicted molar refractivity (Wildman–Crippen MR) is 147 cm³/mol. The fourth-order valence-electron chi connectivity index (χ4n) is 6.43. The smallest absolute Gasteiger partial charge is 0.251 e. The van der Waals surface area contributed by atoms with Crippen molar-refractivity contribution in [1.82, 2.24) is 25.0 Å². The SMILES string of the molecule is Cc1cc(-c2nn(C)c3ccc(C(=O)NCC(=O)C4CCC5CCC4N5Cc4ccccc4F)cc23)ccn1. The number of aromatic nitrogens is 3. The summed E-state index contributed by atoms with van der Waals surface area (Å²) in [7, 11) is 1.88. The highest BCUT2D eigenvalue weighted by molar-refractivity contribution is 6.02. The first kappa shape index (κ1) is 25.4. The molecule has 39 heavy (non-hydrogen) atoms. The summed E-state index contributed by atoms with van der Waals surface area (Å²) in [5.74, 6) is -0.597. The number of piperidine rings is 1. The molecule has 7 nitrogen and oxygen atoms in total. The molecule has 0 aliphatic carbocycles. The lowest BCUT2D eigenvalue weighted by Crippen LogP contribution is -2.48. The molecule has 1 N–H and O–H groups in total. The Hall–Kier alpha value is -3.91. The Kier molecular flexibility index (Phi) is 6.73. The van der Waals surface area contributed by atoms with Gasteiger partial charge in [-0.3, -0.25) is 24.2 Å². The molecule has 6 rings (SSSR count). The summed E-state index contributed by atoms with van der Waals surface area (Å²) in [6, 6.07) is 16.7. The zero-order valence-corrected chi connectivity index (χ0v) is 22.2. The van der Waals surface area contributed by atoms with E-state index in [-0.39, 0.29) is 36.0 Å². The lowest BCUT2D eigenvalue weighted by molar-refractivity contribution is -0.125. The number of benzene rings is 2. The second-order valence-corrected chi connectivity index (χ2v) is 10.8. The van der Waals surface area contributed by atoms with Gasteiger partial charge in [-0.25, -0.2) is 4.39 Å². The molecule has 4 aromatic rings. The van der Waals surface area contributed by atoms with Crippen LogP contribution in [0.25, 0.3) is 22.2 Å². The number of halogens is 1. The van der Waals surface area contributed by atoms with Crippen molar-refractivity contribution in [2.45, 2.75) is 51.2 Å². The first-order chi connectivity index (χ1) is 18.9. The molecule has 2 fully saturated rings. The number of pyridine rings is 1. The summed E-state index contributed by atoms with van der Waals surface area (Å²) >= 11 is 0. The van der Waals surface area contributed by atoms with Crippen LogP contribution in [-0.4, -0.2) is 50.0 Å². The van der Waals surface area contributed by atoms with Gasteiger partial charge in [-0.15, -0.1) is 0 Å². The average Bonchev–Trinajstić information content (AvgIpc) is 3.40. The summed E-state index contributed by atoms with van der Waals surface area (Å²) in [6.07, 6.45) is 5.44. The zero-order chi connectivity index (χ0) is 27.1. The summed E-state index contributed by atoms with van der Waals surface area (Å²) in [4.78, 5) is 33.1. The van der Waals surface area contributed by atoms with E-state index in [1.165, 1.54) is 6.07 Å². The van der Waals surface area contributed by atoms with E-state index >= 15 is 0 Å². The lowest BCUT2D eigenvalue weighted by atomic mass is 9.86. The molecule has 2 saturated heterocycles. The fraction of sp³-hybridized carbons (Fsp3) is 0.355. The average molecular weight is 526 g/mol. The maximum Gasteiger partial charge on any atom is 0.251 e. The number of carbonyl (C=O) groups is 2. The van der Waals surface area contributed by atoms with E-state index in [0.29, 0.717) is 23.7 Å². The second-order valence-electron chi connectivity index (χ2n) is 10.8. The van der Waals surface area contributed by atoms with Gasteiger partial charge in [0, 0.05) is 65.6 Å². The number of nitrogens with one attached hydrogen (secondary N) is 1. The molecule has 0 spiro atoms. The maximum atomic E-state index is 14.3. The molecule has 2 aromatic carbocycles. The van der Waals surface area contributed by atoms with Crippen LogP contribution in [0.4, 0.5) is 4.39 Å². The minimum absolute atomic E-state index is 0.0142. The van der Waals surface area contributed by atoms with E-state index in [9.17, 15) is 14.0 Å². The number of fused-ring (bicyclic) bond motifs is 3. The first-order valence-electron chi connectivity index (χ1n) is 13.6. The van der Waals surface area contributed by atoms with Crippen molar-refractivity contribution in [1.29, 1.82) is 0 Å². The van der Waals surface area contributed by atoms with Crippen molar-refractivity contribution in [3.05, 3.63) is 83.4 Å². The van der Waals surface area contributed by atoms with Crippen molar-refractivity contribution < 1.29 is 14.0 Å². The number of aryl methyl sites for hydroxylation is 2. The molecule has 2 aliphatic heterocycles. The number of amides is 1. The molecule has 3 unspecified atom stereocenters. The quantitative estimate of drug-likeness (QED) is 0.374. The Bertz CT molecular complexity index is 1560. The number of rotatable bonds is 7. The van der Waals surface area contributed by atoms with Gasteiger partial charge < -0.3 is 5.32 Å². The molecule has 8 heteroatoms. The summed E-state index contributed by atoms with van der Waals surface area (Å²) < 4.78 is 16.1. The second kappa shape index (κ2) is 10.3. The van der Waals surface area contributed by atoms with Crippen molar-refractivity contribution in [3.8, 4) is 11.3 Å². The summed E-state index contributed by atoms with van der Waals surface area (Å²) in [6.45, 7) is 2.43. The third-order valence-corrected chi connectivity index (χ3v) is 8.40. The Balaban J connectivity index is 1.15. The summed E-state index contributed by atoms with van der Waals surface area (Å²) in [5, 5.41) is 8.41. The van der Waals surface area contributed by atoms with Crippen LogP contribution in [-0.2, 0) is 18.4 Å². The van der Waals surface area contributed by atoms with Crippen molar-refractivity contribution in [3.63, 3.8) is 0 Å². The van der Waals surface area contributed by atoms with Gasteiger partial charge in [0.05, 0.1) is 12.1 Å². The van der Waals surface area contributed by atoms with Gasteiger partial charge in [0.2, 0.25) is 0 Å². The van der Waals surface area contributed by atoms with E-state index in [2.05, 4.69) is 20.3 Å². The first-order valence-corrected chi connectivity index (χ1v) is 13.6. The molecule has 0 saturated carbocycles. The number of nitrogens with zero attached hydrogens (tertiary/aromatic N) is 4. The van der Waals surface area contributed by atoms with Crippen LogP contribution in [0, 0.1) is 18.7 Å². The zero-order valence-electron chi connectivity index (χ0n) is 22.2. The minimum Gasteiger partial charge on any atom is -0.345 e. The van der Waals surface area contributed by atoms with E-state index in [0.717, 1.165) is 53.5 Å². The van der Waals surface area contributed by atoms with Gasteiger partial charge in [-0.1, -0.05) is 18.2 Å². The third-order valence-electron chi connectivity index (χ3n) is 8.40. The van der Waals surface area contributed by atoms with Crippen molar-refractivity contribution in [2.24, 2.45) is 13.0 Å². The number of ketones is 1. The Morgan fingerprint density at radius 3 is 2.69 bits per heavy atom. The largest absolute Gasteiger partial charge is 0.345 e. The number of hydrogen-bond donors (Lipinski definition) is 1. The molecule has 4 heterocycles. The molecule has 2 bridgehead atoms. The highest BCUT2D eigenvalue weighted by Crippen LogP contribution is 2.40. The highest BCUT2D eigenvalue weighted by Gasteiger charge is 2.44. The van der Waals surface area contributed by atoms with Gasteiger partial charge in [-0.2, -0.15) is 5.10 Å². The molecule has 2 aliphatic rings. The van der Waals surface area contributed by atoms with Crippen LogP contribution in [0.1, 0.15) is 47.3 Å². The minimum atomic E-state index is -0.283. The fourth-order valence-corrected chi connectivity index (χ4v) is 6.43. The van der Waals surface area contributed by atoms with Crippen LogP contribution in [0.15, 0.2) is 60.8 Å². The van der Waals surface area contributed by atoms with Gasteiger partial charge in [0.25, 0.3) is 5.91 Å². The normalized spacial score (nSPS) is 20.8. The molecule has 2 aromatic heterocycles. The van der Waals surface area contributed by atoms with Gasteiger partial charge >= 0.3 is 0 Å². The Morgan fingerprint density at radius 1 is 1.05 bits per heavy atom. The number of Topliss-reactive ketones (excluding diaryl/α,β-unsaturated/α-hetero) is 1. The van der Waals surface area contributed by atoms with Gasteiger partial charge in [-0.05, 0) is 69.0 Å². The molecule has 0 radical (unpaired) electrons. The third kappa shape index (κ3) is 4.85. The maximum absolute atomic E-state index is 14.3. The number of carbonyl (C=O) groups excluding carboxylic acids is 2. The predicted octanol–water partition coefficient (Wildman–Crippen LogP) is 4.82. The van der Waals surface area contributed by atoms with E-state index in [1.54, 1.807) is 23.0 Å². The van der Waals surface area contributed by atoms with Crippen LogP contribution in [0.2, 0.25) is 0 Å². The summed E-state index contributed by atoms with van der Waals surface area (Å²) in [5.41, 5.74) is 4.69. The molecular weight excluding hydrogens is 493 g/mol. The monoisotopic (exact) mass is 525 g/mol. The number of hydrogen-bond acceptors (Lipinski definition) is 5. The van der Waals surface area contributed by atoms with Gasteiger partial charge in [0.15, 0.2) is 5.78 Å². The van der Waals surface area contributed by atoms with E-state index in [4.69, 9.17) is 0 Å². The highest BCUT2D eigenvalue weighted by atomic mass is 19.1. The Labute approximate surface area is 227 Å². The topological polar surface area (TPSA) is 80.1 Å².